The van der Waals surface area contributed by atoms with Gasteiger partial charge < -0.3 is 9.73 Å². The molecular formula is C19H16Cl2N2O2. The fourth-order valence-electron chi connectivity index (χ4n) is 2.48. The van der Waals surface area contributed by atoms with Crippen molar-refractivity contribution < 1.29 is 9.21 Å². The van der Waals surface area contributed by atoms with E-state index in [9.17, 15) is 4.79 Å². The summed E-state index contributed by atoms with van der Waals surface area (Å²) in [6.07, 6.45) is 1.61. The van der Waals surface area contributed by atoms with E-state index in [0.717, 1.165) is 11.3 Å². The predicted octanol–water partition coefficient (Wildman–Crippen LogP) is 4.90. The van der Waals surface area contributed by atoms with Crippen LogP contribution in [0, 0.1) is 0 Å². The zero-order chi connectivity index (χ0) is 17.6. The van der Waals surface area contributed by atoms with Crippen LogP contribution in [0.25, 0.3) is 0 Å². The number of hydrogen-bond donors (Lipinski definition) is 2. The van der Waals surface area contributed by atoms with Crippen molar-refractivity contribution in [2.24, 2.45) is 0 Å². The van der Waals surface area contributed by atoms with Crippen LogP contribution < -0.4 is 10.6 Å². The number of anilines is 1. The Morgan fingerprint density at radius 3 is 2.32 bits per heavy atom. The lowest BCUT2D eigenvalue weighted by Crippen LogP contribution is -2.31. The van der Waals surface area contributed by atoms with Gasteiger partial charge in [-0.05, 0) is 29.8 Å². The quantitative estimate of drug-likeness (QED) is 0.644. The number of halogens is 2. The normalized spacial score (nSPS) is 11.9. The van der Waals surface area contributed by atoms with Crippen molar-refractivity contribution in [3.05, 3.63) is 88.3 Å². The molecule has 3 rings (SSSR count). The van der Waals surface area contributed by atoms with Crippen molar-refractivity contribution in [3.63, 3.8) is 0 Å². The maximum absolute atomic E-state index is 12.3. The molecule has 2 N–H and O–H groups in total. The largest absolute Gasteiger partial charge is 0.467 e. The SMILES string of the molecule is O=C(CN[C@@H](c1ccccc1)c1ccco1)Nc1c(Cl)cccc1Cl. The Kier molecular flexibility index (Phi) is 5.76. The molecule has 1 amide bonds. The molecule has 0 unspecified atom stereocenters. The van der Waals surface area contributed by atoms with Gasteiger partial charge in [-0.3, -0.25) is 10.1 Å². The minimum absolute atomic E-state index is 0.0712. The average molecular weight is 375 g/mol. The number of benzene rings is 2. The third-order valence-electron chi connectivity index (χ3n) is 3.65. The van der Waals surface area contributed by atoms with Gasteiger partial charge in [0.05, 0.1) is 34.6 Å². The lowest BCUT2D eigenvalue weighted by molar-refractivity contribution is -0.115. The lowest BCUT2D eigenvalue weighted by Gasteiger charge is -2.17. The molecule has 0 radical (unpaired) electrons. The third-order valence-corrected chi connectivity index (χ3v) is 4.28. The van der Waals surface area contributed by atoms with Crippen LogP contribution in [0.15, 0.2) is 71.3 Å². The number of carbonyl (C=O) groups excluding carboxylic acids is 1. The zero-order valence-electron chi connectivity index (χ0n) is 13.2. The minimum atomic E-state index is -0.248. The highest BCUT2D eigenvalue weighted by molar-refractivity contribution is 6.39. The van der Waals surface area contributed by atoms with Crippen molar-refractivity contribution in [3.8, 4) is 0 Å². The summed E-state index contributed by atoms with van der Waals surface area (Å²) >= 11 is 12.2. The van der Waals surface area contributed by atoms with Gasteiger partial charge in [-0.2, -0.15) is 0 Å². The van der Waals surface area contributed by atoms with Gasteiger partial charge in [0.15, 0.2) is 0 Å². The Morgan fingerprint density at radius 1 is 0.960 bits per heavy atom. The number of furan rings is 1. The average Bonchev–Trinajstić information content (AvgIpc) is 3.14. The number of nitrogens with one attached hydrogen (secondary N) is 2. The van der Waals surface area contributed by atoms with Crippen molar-refractivity contribution in [2.75, 3.05) is 11.9 Å². The van der Waals surface area contributed by atoms with E-state index in [1.807, 2.05) is 42.5 Å². The van der Waals surface area contributed by atoms with Crippen LogP contribution in [0.5, 0.6) is 0 Å². The fraction of sp³-hybridized carbons (Fsp3) is 0.105. The van der Waals surface area contributed by atoms with Crippen molar-refractivity contribution >= 4 is 34.8 Å². The summed E-state index contributed by atoms with van der Waals surface area (Å²) in [7, 11) is 0. The monoisotopic (exact) mass is 374 g/mol. The molecule has 0 aliphatic rings. The molecule has 0 aliphatic carbocycles. The number of para-hydroxylation sites is 1. The highest BCUT2D eigenvalue weighted by Gasteiger charge is 2.18. The molecule has 0 saturated heterocycles. The highest BCUT2D eigenvalue weighted by Crippen LogP contribution is 2.29. The fourth-order valence-corrected chi connectivity index (χ4v) is 2.97. The highest BCUT2D eigenvalue weighted by atomic mass is 35.5. The van der Waals surface area contributed by atoms with E-state index in [-0.39, 0.29) is 18.5 Å². The smallest absolute Gasteiger partial charge is 0.238 e. The molecule has 128 valence electrons. The predicted molar refractivity (Wildman–Crippen MR) is 100 cm³/mol. The second kappa shape index (κ2) is 8.21. The van der Waals surface area contributed by atoms with Crippen LogP contribution in [-0.2, 0) is 4.79 Å². The van der Waals surface area contributed by atoms with Gasteiger partial charge in [-0.15, -0.1) is 0 Å². The number of rotatable bonds is 6. The van der Waals surface area contributed by atoms with Crippen LogP contribution in [0.2, 0.25) is 10.0 Å². The number of hydrogen-bond acceptors (Lipinski definition) is 3. The summed E-state index contributed by atoms with van der Waals surface area (Å²) in [6, 6.07) is 18.3. The summed E-state index contributed by atoms with van der Waals surface area (Å²) in [5.74, 6) is 0.484. The summed E-state index contributed by atoms with van der Waals surface area (Å²) in [6.45, 7) is 0.0712. The Morgan fingerprint density at radius 2 is 1.68 bits per heavy atom. The minimum Gasteiger partial charge on any atom is -0.467 e. The van der Waals surface area contributed by atoms with Crippen LogP contribution in [-0.4, -0.2) is 12.5 Å². The first-order valence-corrected chi connectivity index (χ1v) is 8.46. The Balaban J connectivity index is 1.70. The number of amides is 1. The molecule has 0 fully saturated rings. The molecule has 1 aromatic heterocycles. The lowest BCUT2D eigenvalue weighted by atomic mass is 10.0. The molecule has 0 saturated carbocycles. The second-order valence-corrected chi connectivity index (χ2v) is 6.20. The Hall–Kier alpha value is -2.27. The molecule has 1 atom stereocenters. The van der Waals surface area contributed by atoms with Crippen LogP contribution >= 0.6 is 23.2 Å². The molecule has 25 heavy (non-hydrogen) atoms. The van der Waals surface area contributed by atoms with Gasteiger partial charge in [0.1, 0.15) is 5.76 Å². The van der Waals surface area contributed by atoms with Crippen molar-refractivity contribution in [1.29, 1.82) is 0 Å². The zero-order valence-corrected chi connectivity index (χ0v) is 14.7. The second-order valence-electron chi connectivity index (χ2n) is 5.38. The summed E-state index contributed by atoms with van der Waals surface area (Å²) < 4.78 is 5.50. The van der Waals surface area contributed by atoms with Crippen molar-refractivity contribution in [2.45, 2.75) is 6.04 Å². The van der Waals surface area contributed by atoms with Gasteiger partial charge in [-0.1, -0.05) is 59.6 Å². The van der Waals surface area contributed by atoms with Gasteiger partial charge in [0.2, 0.25) is 5.91 Å². The summed E-state index contributed by atoms with van der Waals surface area (Å²) in [5.41, 5.74) is 1.41. The van der Waals surface area contributed by atoms with E-state index in [1.165, 1.54) is 0 Å². The van der Waals surface area contributed by atoms with Gasteiger partial charge in [0, 0.05) is 0 Å². The maximum Gasteiger partial charge on any atom is 0.238 e. The molecule has 0 bridgehead atoms. The topological polar surface area (TPSA) is 54.3 Å². The van der Waals surface area contributed by atoms with E-state index in [1.54, 1.807) is 24.5 Å². The van der Waals surface area contributed by atoms with Crippen LogP contribution in [0.4, 0.5) is 5.69 Å². The van der Waals surface area contributed by atoms with Crippen molar-refractivity contribution in [1.82, 2.24) is 5.32 Å². The molecule has 3 aromatic rings. The molecule has 0 aliphatic heterocycles. The van der Waals surface area contributed by atoms with E-state index < -0.39 is 0 Å². The molecule has 2 aromatic carbocycles. The molecular weight excluding hydrogens is 359 g/mol. The third kappa shape index (κ3) is 4.42. The molecule has 6 heteroatoms. The number of carbonyl (C=O) groups is 1. The first kappa shape index (κ1) is 17.5. The van der Waals surface area contributed by atoms with E-state index in [0.29, 0.717) is 15.7 Å². The van der Waals surface area contributed by atoms with Crippen LogP contribution in [0.1, 0.15) is 17.4 Å². The van der Waals surface area contributed by atoms with Gasteiger partial charge in [0.25, 0.3) is 0 Å². The maximum atomic E-state index is 12.3. The Bertz CT molecular complexity index is 816. The van der Waals surface area contributed by atoms with E-state index >= 15 is 0 Å². The Labute approximate surface area is 155 Å². The summed E-state index contributed by atoms with van der Waals surface area (Å²) in [4.78, 5) is 12.3. The molecule has 1 heterocycles. The van der Waals surface area contributed by atoms with Gasteiger partial charge in [-0.25, -0.2) is 0 Å². The first-order chi connectivity index (χ1) is 12.1. The van der Waals surface area contributed by atoms with E-state index in [2.05, 4.69) is 10.6 Å². The van der Waals surface area contributed by atoms with Gasteiger partial charge >= 0.3 is 0 Å². The molecule has 4 nitrogen and oxygen atoms in total. The molecule has 0 spiro atoms. The first-order valence-electron chi connectivity index (χ1n) is 7.71. The van der Waals surface area contributed by atoms with Crippen LogP contribution in [0.3, 0.4) is 0 Å². The van der Waals surface area contributed by atoms with E-state index in [4.69, 9.17) is 27.6 Å². The standard InChI is InChI=1S/C19H16Cl2N2O2/c20-14-8-4-9-15(21)19(14)23-17(24)12-22-18(16-10-5-11-25-16)13-6-2-1-3-7-13/h1-11,18,22H,12H2,(H,23,24)/t18-/m0/s1. The summed E-state index contributed by atoms with van der Waals surface area (Å²) in [5, 5.41) is 6.73.